The fourth-order valence-corrected chi connectivity index (χ4v) is 4.82. The number of carbonyl (C=O) groups is 3. The van der Waals surface area contributed by atoms with E-state index in [9.17, 15) is 14.4 Å². The molecule has 172 valence electrons. The molecule has 1 saturated carbocycles. The van der Waals surface area contributed by atoms with Gasteiger partial charge in [-0.1, -0.05) is 30.3 Å². The van der Waals surface area contributed by atoms with Crippen molar-refractivity contribution < 1.29 is 23.9 Å². The fourth-order valence-electron chi connectivity index (χ4n) is 4.82. The molecule has 0 N–H and O–H groups in total. The smallest absolute Gasteiger partial charge is 0.255 e. The van der Waals surface area contributed by atoms with Gasteiger partial charge in [-0.15, -0.1) is 0 Å². The summed E-state index contributed by atoms with van der Waals surface area (Å²) in [4.78, 5) is 40.9. The molecule has 0 radical (unpaired) electrons. The van der Waals surface area contributed by atoms with Crippen LogP contribution in [0.2, 0.25) is 0 Å². The summed E-state index contributed by atoms with van der Waals surface area (Å²) in [5, 5.41) is 0. The topological polar surface area (TPSA) is 76.2 Å². The first-order valence-corrected chi connectivity index (χ1v) is 11.6. The van der Waals surface area contributed by atoms with Crippen LogP contribution in [0.5, 0.6) is 5.75 Å². The lowest BCUT2D eigenvalue weighted by Gasteiger charge is -2.29. The van der Waals surface area contributed by atoms with E-state index in [2.05, 4.69) is 29.2 Å². The summed E-state index contributed by atoms with van der Waals surface area (Å²) in [7, 11) is 0. The summed E-state index contributed by atoms with van der Waals surface area (Å²) in [6, 6.07) is 13.4. The van der Waals surface area contributed by atoms with Crippen molar-refractivity contribution in [1.29, 1.82) is 0 Å². The van der Waals surface area contributed by atoms with E-state index in [1.165, 1.54) is 5.56 Å². The van der Waals surface area contributed by atoms with Crippen molar-refractivity contribution in [2.45, 2.75) is 45.0 Å². The Kier molecular flexibility index (Phi) is 6.24. The van der Waals surface area contributed by atoms with E-state index in [4.69, 9.17) is 9.47 Å². The van der Waals surface area contributed by atoms with Gasteiger partial charge >= 0.3 is 0 Å². The number of amides is 1. The van der Waals surface area contributed by atoms with Gasteiger partial charge in [-0.2, -0.15) is 0 Å². The number of morpholine rings is 1. The van der Waals surface area contributed by atoms with Crippen LogP contribution in [0.3, 0.4) is 0 Å². The molecule has 1 saturated heterocycles. The van der Waals surface area contributed by atoms with Gasteiger partial charge in [0.15, 0.2) is 5.78 Å². The summed E-state index contributed by atoms with van der Waals surface area (Å²) >= 11 is 0. The first kappa shape index (κ1) is 21.8. The SMILES string of the molecule is O=C1CC[C@@H](N2Cc3c(OCc4ccc(CN5CCOCC5)cc4)cccc3C2=O)C(=O)C1. The average Bonchev–Trinajstić information content (AvgIpc) is 3.16. The second-order valence-electron chi connectivity index (χ2n) is 8.95. The molecule has 2 aliphatic heterocycles. The van der Waals surface area contributed by atoms with Crippen LogP contribution in [0.4, 0.5) is 0 Å². The highest BCUT2D eigenvalue weighted by Crippen LogP contribution is 2.34. The van der Waals surface area contributed by atoms with Gasteiger partial charge in [0.1, 0.15) is 18.1 Å². The molecule has 0 spiro atoms. The molecule has 0 bridgehead atoms. The second kappa shape index (κ2) is 9.45. The lowest BCUT2D eigenvalue weighted by atomic mass is 9.92. The van der Waals surface area contributed by atoms with Crippen LogP contribution in [0.15, 0.2) is 42.5 Å². The van der Waals surface area contributed by atoms with Gasteiger partial charge in [-0.05, 0) is 29.7 Å². The highest BCUT2D eigenvalue weighted by atomic mass is 16.5. The number of nitrogens with zero attached hydrogens (tertiary/aromatic N) is 2. The normalized spacial score (nSPS) is 21.4. The molecule has 2 aromatic rings. The average molecular weight is 449 g/mol. The van der Waals surface area contributed by atoms with Crippen molar-refractivity contribution in [2.24, 2.45) is 0 Å². The predicted octanol–water partition coefficient (Wildman–Crippen LogP) is 2.74. The molecule has 2 heterocycles. The Labute approximate surface area is 193 Å². The summed E-state index contributed by atoms with van der Waals surface area (Å²) in [6.07, 6.45) is 0.682. The van der Waals surface area contributed by atoms with E-state index in [0.717, 1.165) is 44.0 Å². The molecular formula is C26H28N2O5. The molecule has 5 rings (SSSR count). The third kappa shape index (κ3) is 4.70. The third-order valence-corrected chi connectivity index (χ3v) is 6.70. The Hall–Kier alpha value is -3.03. The van der Waals surface area contributed by atoms with Crippen LogP contribution >= 0.6 is 0 Å². The first-order chi connectivity index (χ1) is 16.1. The lowest BCUT2D eigenvalue weighted by Crippen LogP contribution is -2.44. The minimum atomic E-state index is -0.519. The van der Waals surface area contributed by atoms with Crippen LogP contribution in [-0.2, 0) is 34.0 Å². The maximum absolute atomic E-state index is 13.0. The monoisotopic (exact) mass is 448 g/mol. The van der Waals surface area contributed by atoms with E-state index >= 15 is 0 Å². The number of Topliss-reactive ketones (excluding diaryl/α,β-unsaturated/α-hetero) is 2. The number of hydrogen-bond donors (Lipinski definition) is 0. The van der Waals surface area contributed by atoms with Crippen LogP contribution in [0.1, 0.15) is 46.3 Å². The quantitative estimate of drug-likeness (QED) is 0.633. The van der Waals surface area contributed by atoms with Crippen molar-refractivity contribution in [2.75, 3.05) is 26.3 Å². The molecule has 2 aromatic carbocycles. The second-order valence-corrected chi connectivity index (χ2v) is 8.95. The molecule has 2 fully saturated rings. The van der Waals surface area contributed by atoms with Gasteiger partial charge in [0.25, 0.3) is 5.91 Å². The number of benzene rings is 2. The lowest BCUT2D eigenvalue weighted by molar-refractivity contribution is -0.133. The van der Waals surface area contributed by atoms with Crippen LogP contribution in [-0.4, -0.2) is 59.6 Å². The van der Waals surface area contributed by atoms with Gasteiger partial charge in [0, 0.05) is 37.2 Å². The number of carbonyl (C=O) groups excluding carboxylic acids is 3. The molecule has 33 heavy (non-hydrogen) atoms. The van der Waals surface area contributed by atoms with E-state index in [-0.39, 0.29) is 23.9 Å². The van der Waals surface area contributed by atoms with Crippen molar-refractivity contribution in [3.8, 4) is 5.75 Å². The molecule has 1 aliphatic carbocycles. The van der Waals surface area contributed by atoms with Crippen LogP contribution in [0.25, 0.3) is 0 Å². The number of rotatable bonds is 6. The van der Waals surface area contributed by atoms with Crippen molar-refractivity contribution >= 4 is 17.5 Å². The Morgan fingerprint density at radius 1 is 0.970 bits per heavy atom. The van der Waals surface area contributed by atoms with E-state index < -0.39 is 6.04 Å². The Morgan fingerprint density at radius 3 is 2.48 bits per heavy atom. The largest absolute Gasteiger partial charge is 0.489 e. The molecule has 0 unspecified atom stereocenters. The highest BCUT2D eigenvalue weighted by Gasteiger charge is 2.39. The molecule has 7 nitrogen and oxygen atoms in total. The van der Waals surface area contributed by atoms with Crippen LogP contribution in [0, 0.1) is 0 Å². The minimum Gasteiger partial charge on any atom is -0.489 e. The van der Waals surface area contributed by atoms with Crippen molar-refractivity contribution in [1.82, 2.24) is 9.80 Å². The number of ketones is 2. The van der Waals surface area contributed by atoms with Gasteiger partial charge in [-0.3, -0.25) is 19.3 Å². The Bertz CT molecular complexity index is 1060. The molecule has 1 atom stereocenters. The zero-order valence-electron chi connectivity index (χ0n) is 18.6. The zero-order chi connectivity index (χ0) is 22.8. The van der Waals surface area contributed by atoms with Gasteiger partial charge < -0.3 is 14.4 Å². The van der Waals surface area contributed by atoms with E-state index in [1.807, 2.05) is 12.1 Å². The number of fused-ring (bicyclic) bond motifs is 1. The van der Waals surface area contributed by atoms with Crippen LogP contribution < -0.4 is 4.74 Å². The summed E-state index contributed by atoms with van der Waals surface area (Å²) in [5.41, 5.74) is 3.72. The molecule has 1 amide bonds. The van der Waals surface area contributed by atoms with Gasteiger partial charge in [-0.25, -0.2) is 0 Å². The summed E-state index contributed by atoms with van der Waals surface area (Å²) in [6.45, 7) is 5.17. The van der Waals surface area contributed by atoms with Crippen molar-refractivity contribution in [3.63, 3.8) is 0 Å². The third-order valence-electron chi connectivity index (χ3n) is 6.70. The Morgan fingerprint density at radius 2 is 1.73 bits per heavy atom. The summed E-state index contributed by atoms with van der Waals surface area (Å²) < 4.78 is 11.5. The van der Waals surface area contributed by atoms with Gasteiger partial charge in [0.2, 0.25) is 0 Å². The maximum atomic E-state index is 13.0. The Balaban J connectivity index is 1.23. The number of hydrogen-bond acceptors (Lipinski definition) is 6. The minimum absolute atomic E-state index is 0.0413. The van der Waals surface area contributed by atoms with E-state index in [0.29, 0.717) is 37.3 Å². The molecule has 3 aliphatic rings. The zero-order valence-corrected chi connectivity index (χ0v) is 18.6. The highest BCUT2D eigenvalue weighted by molar-refractivity contribution is 6.07. The fraction of sp³-hybridized carbons (Fsp3) is 0.423. The molecule has 7 heteroatoms. The van der Waals surface area contributed by atoms with Crippen molar-refractivity contribution in [3.05, 3.63) is 64.7 Å². The summed E-state index contributed by atoms with van der Waals surface area (Å²) in [5.74, 6) is 0.308. The van der Waals surface area contributed by atoms with E-state index in [1.54, 1.807) is 11.0 Å². The number of ether oxygens (including phenoxy) is 2. The first-order valence-electron chi connectivity index (χ1n) is 11.6. The van der Waals surface area contributed by atoms with Gasteiger partial charge in [0.05, 0.1) is 32.2 Å². The standard InChI is InChI=1S/C26H28N2O5/c29-20-8-9-23(24(30)14-20)28-16-22-21(26(28)31)2-1-3-25(22)33-17-19-6-4-18(5-7-19)15-27-10-12-32-13-11-27/h1-7,23H,8-17H2/t23-/m1/s1. The predicted molar refractivity (Wildman–Crippen MR) is 121 cm³/mol. The molecule has 0 aromatic heterocycles. The maximum Gasteiger partial charge on any atom is 0.255 e. The molecular weight excluding hydrogens is 420 g/mol.